The topological polar surface area (TPSA) is 56.8 Å². The minimum Gasteiger partial charge on any atom is -0.354 e. The third-order valence-electron chi connectivity index (χ3n) is 5.42. The summed E-state index contributed by atoms with van der Waals surface area (Å²) in [6.07, 6.45) is 3.71. The third-order valence-corrected chi connectivity index (χ3v) is 5.42. The van der Waals surface area contributed by atoms with E-state index in [1.54, 1.807) is 13.1 Å². The third kappa shape index (κ3) is 6.63. The van der Waals surface area contributed by atoms with Crippen molar-refractivity contribution in [2.24, 2.45) is 5.92 Å². The fraction of sp³-hybridized carbons (Fsp3) is 0.667. The Hall–Kier alpha value is -1.86. The smallest absolute Gasteiger partial charge is 0.315 e. The number of rotatable bonds is 6. The van der Waals surface area contributed by atoms with E-state index in [4.69, 9.17) is 0 Å². The Balaban J connectivity index is 0.00000136. The summed E-state index contributed by atoms with van der Waals surface area (Å²) in [6.45, 7) is 12.1. The number of carbonyl (C=O) groups is 2. The molecular formula is C21H33FN4O2. The number of piperidine rings is 1. The molecule has 0 amide bonds. The Morgan fingerprint density at radius 1 is 1.04 bits per heavy atom. The molecule has 7 heteroatoms. The van der Waals surface area contributed by atoms with Crippen molar-refractivity contribution in [2.45, 2.75) is 33.6 Å². The second-order valence-electron chi connectivity index (χ2n) is 7.32. The van der Waals surface area contributed by atoms with Crippen LogP contribution in [0.2, 0.25) is 0 Å². The average molecular weight is 393 g/mol. The number of Topliss-reactive ketones (excluding diaryl/α,β-unsaturated/α-hetero) is 1. The molecule has 156 valence electrons. The number of nitrogens with zero attached hydrogens (tertiary/aromatic N) is 4. The predicted molar refractivity (Wildman–Crippen MR) is 110 cm³/mol. The van der Waals surface area contributed by atoms with Crippen molar-refractivity contribution in [3.8, 4) is 0 Å². The number of likely N-dealkylation sites (tertiary alicyclic amines) is 1. The molecule has 0 N–H and O–H groups in total. The highest BCUT2D eigenvalue weighted by atomic mass is 19.1. The van der Waals surface area contributed by atoms with E-state index >= 15 is 0 Å². The van der Waals surface area contributed by atoms with E-state index in [1.807, 2.05) is 30.9 Å². The van der Waals surface area contributed by atoms with Gasteiger partial charge in [0.15, 0.2) is 5.78 Å². The van der Waals surface area contributed by atoms with E-state index in [1.165, 1.54) is 0 Å². The number of hydrogen-bond acceptors (Lipinski definition) is 6. The van der Waals surface area contributed by atoms with Crippen LogP contribution in [0.5, 0.6) is 0 Å². The van der Waals surface area contributed by atoms with Crippen molar-refractivity contribution in [3.05, 3.63) is 23.9 Å². The highest BCUT2D eigenvalue weighted by Gasteiger charge is 2.25. The van der Waals surface area contributed by atoms with Gasteiger partial charge in [-0.25, -0.2) is 4.98 Å². The van der Waals surface area contributed by atoms with Crippen LogP contribution in [0.4, 0.5) is 10.2 Å². The minimum absolute atomic E-state index is 0.0378. The summed E-state index contributed by atoms with van der Waals surface area (Å²) < 4.78 is 12.5. The van der Waals surface area contributed by atoms with E-state index in [0.717, 1.165) is 64.5 Å². The molecule has 0 aliphatic carbocycles. The van der Waals surface area contributed by atoms with Crippen molar-refractivity contribution in [1.82, 2.24) is 14.8 Å². The van der Waals surface area contributed by atoms with Gasteiger partial charge in [-0.3, -0.25) is 19.4 Å². The van der Waals surface area contributed by atoms with Crippen LogP contribution in [0.25, 0.3) is 0 Å². The number of aromatic nitrogens is 1. The van der Waals surface area contributed by atoms with Gasteiger partial charge in [0, 0.05) is 44.5 Å². The first kappa shape index (κ1) is 22.4. The molecule has 0 radical (unpaired) electrons. The Morgan fingerprint density at radius 2 is 1.68 bits per heavy atom. The Morgan fingerprint density at radius 3 is 2.18 bits per heavy atom. The highest BCUT2D eigenvalue weighted by Crippen LogP contribution is 2.20. The zero-order valence-corrected chi connectivity index (χ0v) is 17.4. The fourth-order valence-corrected chi connectivity index (χ4v) is 3.81. The number of halogens is 1. The van der Waals surface area contributed by atoms with E-state index in [0.29, 0.717) is 11.5 Å². The largest absolute Gasteiger partial charge is 0.354 e. The zero-order chi connectivity index (χ0) is 20.5. The van der Waals surface area contributed by atoms with Crippen LogP contribution in [0.1, 0.15) is 44.0 Å². The van der Waals surface area contributed by atoms with Crippen molar-refractivity contribution < 1.29 is 14.0 Å². The number of piperazine rings is 1. The molecule has 1 aromatic rings. The fourth-order valence-electron chi connectivity index (χ4n) is 3.81. The predicted octanol–water partition coefficient (Wildman–Crippen LogP) is 2.64. The molecule has 6 nitrogen and oxygen atoms in total. The number of anilines is 1. The van der Waals surface area contributed by atoms with Crippen LogP contribution in [0.15, 0.2) is 18.3 Å². The first-order valence-electron chi connectivity index (χ1n) is 10.4. The number of ketones is 1. The van der Waals surface area contributed by atoms with Crippen LogP contribution in [-0.2, 0) is 4.79 Å². The van der Waals surface area contributed by atoms with Crippen molar-refractivity contribution in [3.63, 3.8) is 0 Å². The maximum Gasteiger partial charge on any atom is 0.315 e. The zero-order valence-electron chi connectivity index (χ0n) is 17.4. The molecule has 1 aromatic heterocycles. The van der Waals surface area contributed by atoms with Gasteiger partial charge in [-0.15, -0.1) is 0 Å². The Bertz CT molecular complexity index is 622. The maximum atomic E-state index is 12.5. The van der Waals surface area contributed by atoms with Crippen LogP contribution in [0.3, 0.4) is 0 Å². The summed E-state index contributed by atoms with van der Waals surface area (Å²) in [5.74, 6) is 1.59. The van der Waals surface area contributed by atoms with Gasteiger partial charge in [0.1, 0.15) is 5.82 Å². The quantitative estimate of drug-likeness (QED) is 0.548. The first-order chi connectivity index (χ1) is 13.5. The molecule has 28 heavy (non-hydrogen) atoms. The molecule has 2 aliphatic rings. The van der Waals surface area contributed by atoms with Gasteiger partial charge in [0.05, 0.1) is 6.54 Å². The van der Waals surface area contributed by atoms with Gasteiger partial charge in [-0.05, 0) is 50.9 Å². The van der Waals surface area contributed by atoms with Gasteiger partial charge in [-0.1, -0.05) is 13.8 Å². The molecule has 3 heterocycles. The normalized spacial score (nSPS) is 19.1. The maximum absolute atomic E-state index is 12.5. The van der Waals surface area contributed by atoms with Gasteiger partial charge in [-0.2, -0.15) is 4.39 Å². The number of carbonyl (C=O) groups excluding carboxylic acids is 2. The van der Waals surface area contributed by atoms with Gasteiger partial charge < -0.3 is 4.90 Å². The first-order valence-corrected chi connectivity index (χ1v) is 10.4. The van der Waals surface area contributed by atoms with E-state index < -0.39 is 6.04 Å². The molecular weight excluding hydrogens is 359 g/mol. The summed E-state index contributed by atoms with van der Waals surface area (Å²) in [4.78, 5) is 33.0. The average Bonchev–Trinajstić information content (AvgIpc) is 2.71. The van der Waals surface area contributed by atoms with Crippen LogP contribution in [0, 0.1) is 5.92 Å². The summed E-state index contributed by atoms with van der Waals surface area (Å²) in [5.41, 5.74) is 0.646. The standard InChI is InChI=1S/C19H27FN4O2.C2H6/c1-15(25)17-2-3-19(21-12-17)24-10-8-23(9-11-24)13-16-4-6-22(7-5-16)14-18(20)26;1-2/h2-3,12,16H,4-11,13-14H2,1H3;1-2H3. The van der Waals surface area contributed by atoms with Crippen LogP contribution < -0.4 is 4.90 Å². The summed E-state index contributed by atoms with van der Waals surface area (Å²) in [5, 5.41) is 0. The molecule has 2 aliphatic heterocycles. The lowest BCUT2D eigenvalue weighted by Gasteiger charge is -2.39. The lowest BCUT2D eigenvalue weighted by molar-refractivity contribution is -0.130. The Kier molecular flexibility index (Phi) is 8.99. The van der Waals surface area contributed by atoms with Crippen LogP contribution in [-0.4, -0.2) is 79.0 Å². The summed E-state index contributed by atoms with van der Waals surface area (Å²) in [7, 11) is 0. The molecule has 0 saturated carbocycles. The second kappa shape index (κ2) is 11.2. The minimum atomic E-state index is -1.23. The monoisotopic (exact) mass is 392 g/mol. The van der Waals surface area contributed by atoms with E-state index in [9.17, 15) is 14.0 Å². The van der Waals surface area contributed by atoms with Gasteiger partial charge in [0.2, 0.25) is 0 Å². The Labute approximate surface area is 167 Å². The van der Waals surface area contributed by atoms with E-state index in [-0.39, 0.29) is 12.3 Å². The van der Waals surface area contributed by atoms with Crippen molar-refractivity contribution in [1.29, 1.82) is 0 Å². The molecule has 0 aromatic carbocycles. The lowest BCUT2D eigenvalue weighted by atomic mass is 9.96. The lowest BCUT2D eigenvalue weighted by Crippen LogP contribution is -2.49. The molecule has 0 spiro atoms. The second-order valence-corrected chi connectivity index (χ2v) is 7.32. The highest BCUT2D eigenvalue weighted by molar-refractivity contribution is 5.93. The van der Waals surface area contributed by atoms with Gasteiger partial charge >= 0.3 is 6.04 Å². The van der Waals surface area contributed by atoms with Gasteiger partial charge in [0.25, 0.3) is 0 Å². The van der Waals surface area contributed by atoms with Crippen LogP contribution >= 0.6 is 0 Å². The van der Waals surface area contributed by atoms with Crippen molar-refractivity contribution in [2.75, 3.05) is 57.3 Å². The molecule has 2 fully saturated rings. The molecule has 0 unspecified atom stereocenters. The van der Waals surface area contributed by atoms with E-state index in [2.05, 4.69) is 14.8 Å². The summed E-state index contributed by atoms with van der Waals surface area (Å²) in [6, 6.07) is 2.53. The van der Waals surface area contributed by atoms with Crippen molar-refractivity contribution >= 4 is 17.6 Å². The SMILES string of the molecule is CC.CC(=O)c1ccc(N2CCN(CC3CCN(CC(=O)F)CC3)CC2)nc1. The molecule has 0 bridgehead atoms. The number of pyridine rings is 1. The molecule has 2 saturated heterocycles. The summed E-state index contributed by atoms with van der Waals surface area (Å²) >= 11 is 0. The molecule has 3 rings (SSSR count). The molecule has 0 atom stereocenters. The number of hydrogen-bond donors (Lipinski definition) is 0.